The van der Waals surface area contributed by atoms with Crippen molar-refractivity contribution in [2.45, 2.75) is 0 Å². The maximum Gasteiger partial charge on any atom is 0.273 e. The Kier molecular flexibility index (Phi) is 4.77. The number of aromatic nitrogens is 3. The van der Waals surface area contributed by atoms with Crippen LogP contribution < -0.4 is 5.43 Å². The average Bonchev–Trinajstić information content (AvgIpc) is 3.60. The van der Waals surface area contributed by atoms with Gasteiger partial charge in [0.15, 0.2) is 5.76 Å². The Morgan fingerprint density at radius 1 is 1.00 bits per heavy atom. The second kappa shape index (κ2) is 8.22. The lowest BCUT2D eigenvalue weighted by Crippen LogP contribution is -2.17. The maximum absolute atomic E-state index is 12.7. The van der Waals surface area contributed by atoms with E-state index in [0.717, 1.165) is 27.6 Å². The molecule has 6 aromatic rings. The molecule has 0 atom stereocenters. The van der Waals surface area contributed by atoms with Crippen molar-refractivity contribution in [3.8, 4) is 17.1 Å². The molecule has 3 aromatic carbocycles. The van der Waals surface area contributed by atoms with E-state index in [1.54, 1.807) is 17.1 Å². The van der Waals surface area contributed by atoms with E-state index in [1.807, 2.05) is 91.1 Å². The lowest BCUT2D eigenvalue weighted by molar-refractivity contribution is 0.0957. The van der Waals surface area contributed by atoms with Crippen molar-refractivity contribution in [1.29, 1.82) is 0 Å². The summed E-state index contributed by atoms with van der Waals surface area (Å²) in [4.78, 5) is 15.8. The molecule has 1 amide bonds. The van der Waals surface area contributed by atoms with E-state index in [2.05, 4.69) is 15.5 Å². The number of hydrazone groups is 1. The molecule has 0 radical (unpaired) electrons. The number of furan rings is 1. The van der Waals surface area contributed by atoms with Crippen LogP contribution in [0, 0.1) is 0 Å². The Morgan fingerprint density at radius 2 is 1.79 bits per heavy atom. The number of amides is 1. The number of hydrogen-bond acceptors (Lipinski definition) is 4. The van der Waals surface area contributed by atoms with E-state index in [4.69, 9.17) is 9.52 Å². The molecule has 0 unspecified atom stereocenters. The third kappa shape index (κ3) is 3.55. The van der Waals surface area contributed by atoms with Crippen LogP contribution in [0.1, 0.15) is 15.9 Å². The van der Waals surface area contributed by atoms with Crippen molar-refractivity contribution in [2.75, 3.05) is 0 Å². The number of rotatable bonds is 5. The number of H-pyrrole nitrogens is 1. The highest BCUT2D eigenvalue weighted by Crippen LogP contribution is 2.29. The number of benzene rings is 3. The predicted octanol–water partition coefficient (Wildman–Crippen LogP) is 5.53. The highest BCUT2D eigenvalue weighted by atomic mass is 16.3. The van der Waals surface area contributed by atoms with Gasteiger partial charge >= 0.3 is 0 Å². The van der Waals surface area contributed by atoms with Crippen LogP contribution in [0.15, 0.2) is 107 Å². The first-order valence-corrected chi connectivity index (χ1v) is 10.8. The number of nitrogens with one attached hydrogen (secondary N) is 2. The highest BCUT2D eigenvalue weighted by Gasteiger charge is 2.16. The van der Waals surface area contributed by atoms with E-state index in [0.29, 0.717) is 22.6 Å². The average molecular weight is 445 g/mol. The number of carbonyl (C=O) groups excluding carboxylic acids is 1. The quantitative estimate of drug-likeness (QED) is 0.270. The summed E-state index contributed by atoms with van der Waals surface area (Å²) in [5, 5.41) is 10.8. The van der Waals surface area contributed by atoms with Gasteiger partial charge in [-0.25, -0.2) is 10.1 Å². The fourth-order valence-corrected chi connectivity index (χ4v) is 3.96. The van der Waals surface area contributed by atoms with Gasteiger partial charge < -0.3 is 9.40 Å². The molecular weight excluding hydrogens is 426 g/mol. The molecular formula is C27H19N5O2. The molecule has 6 rings (SSSR count). The topological polar surface area (TPSA) is 88.2 Å². The molecule has 0 aliphatic heterocycles. The first-order chi connectivity index (χ1) is 16.8. The van der Waals surface area contributed by atoms with Crippen LogP contribution in [-0.2, 0) is 0 Å². The van der Waals surface area contributed by atoms with Crippen LogP contribution in [0.25, 0.3) is 39.0 Å². The van der Waals surface area contributed by atoms with Gasteiger partial charge in [-0.05, 0) is 30.3 Å². The Bertz CT molecular complexity index is 1620. The zero-order valence-electron chi connectivity index (χ0n) is 18.0. The number of aromatic amines is 1. The maximum atomic E-state index is 12.7. The summed E-state index contributed by atoms with van der Waals surface area (Å²) in [6.45, 7) is 0. The number of carbonyl (C=O) groups is 1. The van der Waals surface area contributed by atoms with E-state index in [-0.39, 0.29) is 5.91 Å². The SMILES string of the molecule is O=C(N/N=C/c1cn(-c2ccccc2)nc1-c1cc2ccccc2o1)c1c[nH]c2ccccc12. The summed E-state index contributed by atoms with van der Waals surface area (Å²) in [6.07, 6.45) is 5.13. The summed E-state index contributed by atoms with van der Waals surface area (Å²) in [5.74, 6) is 0.328. The lowest BCUT2D eigenvalue weighted by Gasteiger charge is -1.98. The van der Waals surface area contributed by atoms with Crippen molar-refractivity contribution in [1.82, 2.24) is 20.2 Å². The second-order valence-corrected chi connectivity index (χ2v) is 7.81. The molecule has 0 aliphatic rings. The smallest absolute Gasteiger partial charge is 0.273 e. The zero-order valence-corrected chi connectivity index (χ0v) is 18.0. The van der Waals surface area contributed by atoms with E-state index in [9.17, 15) is 4.79 Å². The molecule has 164 valence electrons. The Morgan fingerprint density at radius 3 is 2.68 bits per heavy atom. The van der Waals surface area contributed by atoms with Gasteiger partial charge in [-0.15, -0.1) is 0 Å². The Hall–Kier alpha value is -4.91. The van der Waals surface area contributed by atoms with Crippen LogP contribution in [0.4, 0.5) is 0 Å². The fourth-order valence-electron chi connectivity index (χ4n) is 3.96. The van der Waals surface area contributed by atoms with Gasteiger partial charge in [-0.1, -0.05) is 54.6 Å². The molecule has 0 saturated heterocycles. The minimum Gasteiger partial charge on any atom is -0.454 e. The molecule has 0 spiro atoms. The Balaban J connectivity index is 1.34. The summed E-state index contributed by atoms with van der Waals surface area (Å²) in [5.41, 5.74) is 7.08. The zero-order chi connectivity index (χ0) is 22.9. The fraction of sp³-hybridized carbons (Fsp3) is 0. The first-order valence-electron chi connectivity index (χ1n) is 10.8. The molecule has 3 aromatic heterocycles. The molecule has 7 nitrogen and oxygen atoms in total. The predicted molar refractivity (Wildman–Crippen MR) is 132 cm³/mol. The van der Waals surface area contributed by atoms with Crippen LogP contribution in [0.3, 0.4) is 0 Å². The van der Waals surface area contributed by atoms with Crippen molar-refractivity contribution < 1.29 is 9.21 Å². The van der Waals surface area contributed by atoms with Gasteiger partial charge in [0.1, 0.15) is 11.3 Å². The number of para-hydroxylation sites is 3. The van der Waals surface area contributed by atoms with Gasteiger partial charge in [-0.3, -0.25) is 4.79 Å². The van der Waals surface area contributed by atoms with Gasteiger partial charge in [0.05, 0.1) is 17.5 Å². The van der Waals surface area contributed by atoms with Crippen LogP contribution >= 0.6 is 0 Å². The second-order valence-electron chi connectivity index (χ2n) is 7.81. The number of hydrogen-bond donors (Lipinski definition) is 2. The standard InChI is InChI=1S/C27H19N5O2/c33-27(22-16-28-23-12-6-5-11-21(22)23)30-29-15-19-17-32(20-9-2-1-3-10-20)31-26(19)25-14-18-8-4-7-13-24(18)34-25/h1-17,28H,(H,30,33)/b29-15+. The third-order valence-electron chi connectivity index (χ3n) is 5.63. The van der Waals surface area contributed by atoms with Gasteiger partial charge in [0.2, 0.25) is 0 Å². The minimum absolute atomic E-state index is 0.297. The van der Waals surface area contributed by atoms with Crippen molar-refractivity contribution >= 4 is 34.0 Å². The van der Waals surface area contributed by atoms with Crippen molar-refractivity contribution in [2.24, 2.45) is 5.10 Å². The molecule has 0 bridgehead atoms. The lowest BCUT2D eigenvalue weighted by atomic mass is 10.2. The van der Waals surface area contributed by atoms with Crippen molar-refractivity contribution in [3.05, 3.63) is 108 Å². The minimum atomic E-state index is -0.297. The first kappa shape index (κ1) is 19.8. The molecule has 0 aliphatic carbocycles. The molecule has 0 saturated carbocycles. The normalized spacial score (nSPS) is 11.5. The number of fused-ring (bicyclic) bond motifs is 2. The molecule has 0 fully saturated rings. The van der Waals surface area contributed by atoms with E-state index < -0.39 is 0 Å². The van der Waals surface area contributed by atoms with Crippen molar-refractivity contribution in [3.63, 3.8) is 0 Å². The largest absolute Gasteiger partial charge is 0.454 e. The van der Waals surface area contributed by atoms with Gasteiger partial charge in [-0.2, -0.15) is 10.2 Å². The van der Waals surface area contributed by atoms with Crippen LogP contribution in [0.5, 0.6) is 0 Å². The number of nitrogens with zero attached hydrogens (tertiary/aromatic N) is 3. The molecule has 34 heavy (non-hydrogen) atoms. The van der Waals surface area contributed by atoms with Crippen LogP contribution in [0.2, 0.25) is 0 Å². The molecule has 7 heteroatoms. The van der Waals surface area contributed by atoms with E-state index in [1.165, 1.54) is 0 Å². The van der Waals surface area contributed by atoms with Crippen LogP contribution in [-0.4, -0.2) is 26.9 Å². The summed E-state index contributed by atoms with van der Waals surface area (Å²) in [7, 11) is 0. The Labute approximate surface area is 194 Å². The summed E-state index contributed by atoms with van der Waals surface area (Å²) in [6, 6.07) is 27.2. The third-order valence-corrected chi connectivity index (χ3v) is 5.63. The summed E-state index contributed by atoms with van der Waals surface area (Å²) >= 11 is 0. The highest BCUT2D eigenvalue weighted by molar-refractivity contribution is 6.07. The van der Waals surface area contributed by atoms with Gasteiger partial charge in [0, 0.05) is 34.2 Å². The van der Waals surface area contributed by atoms with Gasteiger partial charge in [0.25, 0.3) is 5.91 Å². The summed E-state index contributed by atoms with van der Waals surface area (Å²) < 4.78 is 7.82. The molecule has 2 N–H and O–H groups in total. The monoisotopic (exact) mass is 445 g/mol. The van der Waals surface area contributed by atoms with E-state index >= 15 is 0 Å². The molecule has 3 heterocycles.